The number of amides is 3. The molecule has 3 heterocycles. The van der Waals surface area contributed by atoms with Gasteiger partial charge in [0.05, 0.1) is 35.5 Å². The summed E-state index contributed by atoms with van der Waals surface area (Å²) < 4.78 is 10.1. The number of carbonyl (C=O) groups excluding carboxylic acids is 3. The number of carbonyl (C=O) groups is 3. The summed E-state index contributed by atoms with van der Waals surface area (Å²) in [6.45, 7) is 0.0925. The average molecular weight is 373 g/mol. The van der Waals surface area contributed by atoms with Crippen LogP contribution < -0.4 is 16.0 Å². The van der Waals surface area contributed by atoms with Crippen molar-refractivity contribution in [3.05, 3.63) is 65.3 Å². The summed E-state index contributed by atoms with van der Waals surface area (Å²) in [4.78, 5) is 36.1. The number of rotatable bonds is 7. The van der Waals surface area contributed by atoms with E-state index in [2.05, 4.69) is 16.0 Å². The van der Waals surface area contributed by atoms with Gasteiger partial charge in [0, 0.05) is 0 Å². The van der Waals surface area contributed by atoms with E-state index in [1.807, 2.05) is 0 Å². The van der Waals surface area contributed by atoms with Gasteiger partial charge in [-0.3, -0.25) is 14.4 Å². The smallest absolute Gasteiger partial charge is 0.291 e. The fourth-order valence-electron chi connectivity index (χ4n) is 2.02. The van der Waals surface area contributed by atoms with Crippen LogP contribution in [0, 0.1) is 0 Å². The summed E-state index contributed by atoms with van der Waals surface area (Å²) in [6, 6.07) is 9.79. The molecule has 9 heteroatoms. The molecule has 0 unspecified atom stereocenters. The normalized spacial score (nSPS) is 10.3. The second-order valence-electron chi connectivity index (χ2n) is 5.13. The van der Waals surface area contributed by atoms with Crippen LogP contribution >= 0.6 is 11.3 Å². The van der Waals surface area contributed by atoms with Crippen LogP contribution in [-0.4, -0.2) is 24.3 Å². The number of hydrogen-bond acceptors (Lipinski definition) is 6. The van der Waals surface area contributed by atoms with Crippen LogP contribution in [0.4, 0.5) is 5.00 Å². The first-order chi connectivity index (χ1) is 12.6. The van der Waals surface area contributed by atoms with E-state index in [4.69, 9.17) is 8.83 Å². The molecule has 0 spiro atoms. The van der Waals surface area contributed by atoms with Crippen LogP contribution in [0.1, 0.15) is 26.0 Å². The first-order valence-corrected chi connectivity index (χ1v) is 8.45. The van der Waals surface area contributed by atoms with Crippen molar-refractivity contribution >= 4 is 34.1 Å². The topological polar surface area (TPSA) is 114 Å². The lowest BCUT2D eigenvalue weighted by Gasteiger charge is -2.04. The maximum absolute atomic E-state index is 12.1. The maximum atomic E-state index is 12.1. The van der Waals surface area contributed by atoms with E-state index >= 15 is 0 Å². The van der Waals surface area contributed by atoms with Crippen LogP contribution in [0.2, 0.25) is 0 Å². The van der Waals surface area contributed by atoms with Gasteiger partial charge < -0.3 is 24.8 Å². The molecule has 0 radical (unpaired) electrons. The van der Waals surface area contributed by atoms with Crippen molar-refractivity contribution in [3.63, 3.8) is 0 Å². The van der Waals surface area contributed by atoms with Gasteiger partial charge in [0.25, 0.3) is 11.8 Å². The Morgan fingerprint density at radius 3 is 2.46 bits per heavy atom. The molecule has 8 nitrogen and oxygen atoms in total. The van der Waals surface area contributed by atoms with Gasteiger partial charge >= 0.3 is 0 Å². The molecule has 0 fully saturated rings. The van der Waals surface area contributed by atoms with Crippen molar-refractivity contribution < 1.29 is 23.2 Å². The van der Waals surface area contributed by atoms with Gasteiger partial charge in [-0.05, 0) is 36.4 Å². The molecule has 0 aliphatic rings. The molecule has 3 aromatic heterocycles. The van der Waals surface area contributed by atoms with Gasteiger partial charge in [-0.1, -0.05) is 0 Å². The van der Waals surface area contributed by atoms with Crippen LogP contribution in [0.25, 0.3) is 0 Å². The number of furan rings is 2. The summed E-state index contributed by atoms with van der Waals surface area (Å²) in [6.07, 6.45) is 2.92. The molecule has 0 saturated heterocycles. The molecule has 0 aromatic carbocycles. The molecule has 134 valence electrons. The number of anilines is 1. The number of nitrogens with one attached hydrogen (secondary N) is 3. The molecule has 0 bridgehead atoms. The molecular formula is C17H15N3O5S. The van der Waals surface area contributed by atoms with E-state index in [1.54, 1.807) is 30.3 Å². The summed E-state index contributed by atoms with van der Waals surface area (Å²) in [5, 5.41) is 8.28. The van der Waals surface area contributed by atoms with Crippen LogP contribution in [0.3, 0.4) is 0 Å². The fourth-order valence-corrected chi connectivity index (χ4v) is 2.84. The zero-order valence-corrected chi connectivity index (χ0v) is 14.3. The summed E-state index contributed by atoms with van der Waals surface area (Å²) in [5.74, 6) is -0.335. The third kappa shape index (κ3) is 4.61. The minimum Gasteiger partial charge on any atom is -0.467 e. The highest BCUT2D eigenvalue weighted by Crippen LogP contribution is 2.22. The summed E-state index contributed by atoms with van der Waals surface area (Å²) in [5.41, 5.74) is 0. The Balaban J connectivity index is 1.45. The second kappa shape index (κ2) is 8.17. The zero-order chi connectivity index (χ0) is 18.4. The van der Waals surface area contributed by atoms with Gasteiger partial charge in [-0.25, -0.2) is 0 Å². The molecule has 0 atom stereocenters. The van der Waals surface area contributed by atoms with Crippen molar-refractivity contribution in [2.75, 3.05) is 11.9 Å². The number of hydrogen-bond donors (Lipinski definition) is 3. The van der Waals surface area contributed by atoms with E-state index in [0.717, 1.165) is 11.3 Å². The van der Waals surface area contributed by atoms with Crippen LogP contribution in [-0.2, 0) is 11.3 Å². The van der Waals surface area contributed by atoms with Crippen molar-refractivity contribution in [2.24, 2.45) is 0 Å². The summed E-state index contributed by atoms with van der Waals surface area (Å²) in [7, 11) is 0. The molecule has 3 amide bonds. The van der Waals surface area contributed by atoms with E-state index < -0.39 is 11.8 Å². The lowest BCUT2D eigenvalue weighted by Crippen LogP contribution is -2.36. The third-order valence-electron chi connectivity index (χ3n) is 3.26. The van der Waals surface area contributed by atoms with E-state index in [-0.39, 0.29) is 24.8 Å². The number of thiophene rings is 1. The van der Waals surface area contributed by atoms with Crippen LogP contribution in [0.5, 0.6) is 0 Å². The highest BCUT2D eigenvalue weighted by molar-refractivity contribution is 7.18. The van der Waals surface area contributed by atoms with E-state index in [0.29, 0.717) is 15.6 Å². The van der Waals surface area contributed by atoms with Crippen molar-refractivity contribution in [1.82, 2.24) is 10.6 Å². The molecule has 3 rings (SSSR count). The van der Waals surface area contributed by atoms with Crippen molar-refractivity contribution in [3.8, 4) is 0 Å². The lowest BCUT2D eigenvalue weighted by atomic mass is 10.4. The molecule has 26 heavy (non-hydrogen) atoms. The van der Waals surface area contributed by atoms with E-state index in [9.17, 15) is 14.4 Å². The quantitative estimate of drug-likeness (QED) is 0.588. The largest absolute Gasteiger partial charge is 0.467 e. The summed E-state index contributed by atoms with van der Waals surface area (Å²) >= 11 is 1.10. The molecular weight excluding hydrogens is 358 g/mol. The standard InChI is InChI=1S/C17H15N3O5S/c21-14(18-9-11-3-1-7-24-11)10-19-17(23)13-5-6-15(26-13)20-16(22)12-4-2-8-25-12/h1-8H,9-10H2,(H,18,21)(H,19,23)(H,20,22). The molecule has 0 aliphatic carbocycles. The SMILES string of the molecule is O=C(CNC(=O)c1ccc(NC(=O)c2ccco2)s1)NCc1ccco1. The molecule has 0 saturated carbocycles. The monoisotopic (exact) mass is 373 g/mol. The Hall–Kier alpha value is -3.33. The first-order valence-electron chi connectivity index (χ1n) is 7.64. The van der Waals surface area contributed by atoms with E-state index in [1.165, 1.54) is 18.6 Å². The minimum atomic E-state index is -0.402. The molecule has 3 N–H and O–H groups in total. The predicted molar refractivity (Wildman–Crippen MR) is 93.9 cm³/mol. The van der Waals surface area contributed by atoms with Gasteiger partial charge in [-0.2, -0.15) is 0 Å². The highest BCUT2D eigenvalue weighted by Gasteiger charge is 2.14. The van der Waals surface area contributed by atoms with Gasteiger partial charge in [-0.15, -0.1) is 11.3 Å². The Morgan fingerprint density at radius 2 is 1.73 bits per heavy atom. The van der Waals surface area contributed by atoms with Crippen LogP contribution in [0.15, 0.2) is 57.8 Å². The Morgan fingerprint density at radius 1 is 0.923 bits per heavy atom. The molecule has 0 aliphatic heterocycles. The average Bonchev–Trinajstić information content (AvgIpc) is 3.40. The molecule has 3 aromatic rings. The van der Waals surface area contributed by atoms with Crippen molar-refractivity contribution in [1.29, 1.82) is 0 Å². The lowest BCUT2D eigenvalue weighted by molar-refractivity contribution is -0.120. The maximum Gasteiger partial charge on any atom is 0.291 e. The second-order valence-corrected chi connectivity index (χ2v) is 6.22. The van der Waals surface area contributed by atoms with Gasteiger partial charge in [0.15, 0.2) is 5.76 Å². The zero-order valence-electron chi connectivity index (χ0n) is 13.5. The highest BCUT2D eigenvalue weighted by atomic mass is 32.1. The minimum absolute atomic E-state index is 0.161. The Bertz CT molecular complexity index is 884. The fraction of sp³-hybridized carbons (Fsp3) is 0.118. The van der Waals surface area contributed by atoms with Gasteiger partial charge in [0.2, 0.25) is 5.91 Å². The Labute approximate surface area is 152 Å². The Kier molecular flexibility index (Phi) is 5.49. The predicted octanol–water partition coefficient (Wildman–Crippen LogP) is 2.23. The van der Waals surface area contributed by atoms with Gasteiger partial charge in [0.1, 0.15) is 5.76 Å². The first kappa shape index (κ1) is 17.5. The third-order valence-corrected chi connectivity index (χ3v) is 4.26. The van der Waals surface area contributed by atoms with Crippen molar-refractivity contribution in [2.45, 2.75) is 6.54 Å².